The minimum absolute atomic E-state index is 0.231. The Morgan fingerprint density at radius 3 is 3.00 bits per heavy atom. The summed E-state index contributed by atoms with van der Waals surface area (Å²) >= 11 is 0. The second-order valence-corrected chi connectivity index (χ2v) is 3.98. The molecule has 1 heterocycles. The molecule has 17 heavy (non-hydrogen) atoms. The van der Waals surface area contributed by atoms with Gasteiger partial charge in [0.2, 0.25) is 0 Å². The van der Waals surface area contributed by atoms with E-state index in [0.717, 1.165) is 5.01 Å². The van der Waals surface area contributed by atoms with Crippen molar-refractivity contribution < 1.29 is 19.1 Å². The summed E-state index contributed by atoms with van der Waals surface area (Å²) in [6.45, 7) is 6.22. The van der Waals surface area contributed by atoms with Gasteiger partial charge in [0.05, 0.1) is 6.61 Å². The summed E-state index contributed by atoms with van der Waals surface area (Å²) in [5, 5.41) is 1.14. The molecule has 0 radical (unpaired) electrons. The molecular weight excluding hydrogens is 224 g/mol. The van der Waals surface area contributed by atoms with E-state index in [-0.39, 0.29) is 19.3 Å². The molecule has 1 saturated heterocycles. The Balaban J connectivity index is 2.59. The molecule has 1 unspecified atom stereocenters. The summed E-state index contributed by atoms with van der Waals surface area (Å²) in [7, 11) is 0. The lowest BCUT2D eigenvalue weighted by molar-refractivity contribution is 0.110. The monoisotopic (exact) mass is 242 g/mol. The number of amides is 2. The molecule has 1 atom stereocenters. The fourth-order valence-corrected chi connectivity index (χ4v) is 1.32. The largest absolute Gasteiger partial charge is 0.449 e. The number of hydrogen-bond donors (Lipinski definition) is 1. The number of rotatable bonds is 4. The summed E-state index contributed by atoms with van der Waals surface area (Å²) in [6, 6.07) is -0.283. The first-order chi connectivity index (χ1) is 8.04. The SMILES string of the molecule is CCOC(=O)NN1C(=O)OCC1/C=C/C(C)C. The third-order valence-electron chi connectivity index (χ3n) is 2.11. The van der Waals surface area contributed by atoms with Crippen LogP contribution in [0.25, 0.3) is 0 Å². The first-order valence-corrected chi connectivity index (χ1v) is 5.62. The van der Waals surface area contributed by atoms with Crippen LogP contribution in [0.15, 0.2) is 12.2 Å². The van der Waals surface area contributed by atoms with Crippen molar-refractivity contribution >= 4 is 12.2 Å². The van der Waals surface area contributed by atoms with Gasteiger partial charge >= 0.3 is 12.2 Å². The molecule has 0 aromatic heterocycles. The Bertz CT molecular complexity index is 315. The molecule has 0 spiro atoms. The number of ether oxygens (including phenoxy) is 2. The van der Waals surface area contributed by atoms with Crippen molar-refractivity contribution in [2.24, 2.45) is 5.92 Å². The number of cyclic esters (lactones) is 1. The van der Waals surface area contributed by atoms with E-state index in [2.05, 4.69) is 5.43 Å². The molecule has 1 rings (SSSR count). The lowest BCUT2D eigenvalue weighted by atomic mass is 10.1. The highest BCUT2D eigenvalue weighted by Gasteiger charge is 2.33. The smallest absolute Gasteiger partial charge is 0.429 e. The first kappa shape index (κ1) is 13.3. The molecule has 2 amide bonds. The predicted molar refractivity (Wildman–Crippen MR) is 61.1 cm³/mol. The maximum atomic E-state index is 11.4. The second-order valence-electron chi connectivity index (χ2n) is 3.98. The van der Waals surface area contributed by atoms with Crippen molar-refractivity contribution in [3.8, 4) is 0 Å². The van der Waals surface area contributed by atoms with Gasteiger partial charge in [0.25, 0.3) is 0 Å². The van der Waals surface area contributed by atoms with Gasteiger partial charge in [-0.25, -0.2) is 20.0 Å². The minimum Gasteiger partial charge on any atom is -0.449 e. The van der Waals surface area contributed by atoms with Crippen LogP contribution in [0.2, 0.25) is 0 Å². The van der Waals surface area contributed by atoms with Crippen molar-refractivity contribution in [1.82, 2.24) is 10.4 Å². The van der Waals surface area contributed by atoms with Crippen LogP contribution in [0, 0.1) is 5.92 Å². The van der Waals surface area contributed by atoms with Gasteiger partial charge in [0.15, 0.2) is 0 Å². The molecule has 0 aromatic carbocycles. The quantitative estimate of drug-likeness (QED) is 0.761. The highest BCUT2D eigenvalue weighted by molar-refractivity contribution is 5.75. The standard InChI is InChI=1S/C11H18N2O4/c1-4-16-10(14)12-13-9(6-5-8(2)3)7-17-11(13)15/h5-6,8-9H,4,7H2,1-3H3,(H,12,14)/b6-5+. The van der Waals surface area contributed by atoms with E-state index in [4.69, 9.17) is 9.47 Å². The lowest BCUT2D eigenvalue weighted by Gasteiger charge is -2.19. The summed E-state index contributed by atoms with van der Waals surface area (Å²) in [6.07, 6.45) is 2.56. The molecule has 0 aliphatic carbocycles. The number of carbonyl (C=O) groups is 2. The number of allylic oxidation sites excluding steroid dienone is 1. The van der Waals surface area contributed by atoms with Gasteiger partial charge in [-0.3, -0.25) is 0 Å². The Morgan fingerprint density at radius 1 is 1.71 bits per heavy atom. The Labute approximate surface area is 101 Å². The van der Waals surface area contributed by atoms with E-state index in [1.54, 1.807) is 6.92 Å². The molecule has 96 valence electrons. The zero-order valence-corrected chi connectivity index (χ0v) is 10.3. The fraction of sp³-hybridized carbons (Fsp3) is 0.636. The van der Waals surface area contributed by atoms with Crippen LogP contribution in [0.4, 0.5) is 9.59 Å². The van der Waals surface area contributed by atoms with E-state index in [1.807, 2.05) is 26.0 Å². The van der Waals surface area contributed by atoms with Gasteiger partial charge in [-0.1, -0.05) is 26.0 Å². The molecule has 1 N–H and O–H groups in total. The molecule has 1 aliphatic heterocycles. The van der Waals surface area contributed by atoms with Crippen LogP contribution in [0.5, 0.6) is 0 Å². The molecule has 6 heteroatoms. The highest BCUT2D eigenvalue weighted by atomic mass is 16.6. The van der Waals surface area contributed by atoms with E-state index >= 15 is 0 Å². The Hall–Kier alpha value is -1.72. The number of carbonyl (C=O) groups excluding carboxylic acids is 2. The molecule has 1 aliphatic rings. The van der Waals surface area contributed by atoms with Crippen molar-refractivity contribution in [2.75, 3.05) is 13.2 Å². The van der Waals surface area contributed by atoms with Crippen molar-refractivity contribution in [2.45, 2.75) is 26.8 Å². The van der Waals surface area contributed by atoms with Gasteiger partial charge in [-0.15, -0.1) is 0 Å². The maximum absolute atomic E-state index is 11.4. The van der Waals surface area contributed by atoms with Gasteiger partial charge < -0.3 is 9.47 Å². The van der Waals surface area contributed by atoms with Crippen LogP contribution >= 0.6 is 0 Å². The highest BCUT2D eigenvalue weighted by Crippen LogP contribution is 2.12. The Kier molecular flexibility index (Phi) is 4.81. The second kappa shape index (κ2) is 6.12. The topological polar surface area (TPSA) is 67.9 Å². The van der Waals surface area contributed by atoms with Crippen LogP contribution in [-0.2, 0) is 9.47 Å². The predicted octanol–water partition coefficient (Wildman–Crippen LogP) is 1.68. The molecule has 0 saturated carbocycles. The van der Waals surface area contributed by atoms with E-state index in [1.165, 1.54) is 0 Å². The number of nitrogens with zero attached hydrogens (tertiary/aromatic N) is 1. The van der Waals surface area contributed by atoms with Gasteiger partial charge in [0.1, 0.15) is 12.6 Å². The maximum Gasteiger partial charge on any atom is 0.429 e. The summed E-state index contributed by atoms with van der Waals surface area (Å²) in [4.78, 5) is 22.6. The first-order valence-electron chi connectivity index (χ1n) is 5.62. The van der Waals surface area contributed by atoms with Gasteiger partial charge in [-0.2, -0.15) is 0 Å². The van der Waals surface area contributed by atoms with E-state index in [0.29, 0.717) is 5.92 Å². The van der Waals surface area contributed by atoms with Crippen LogP contribution in [0.3, 0.4) is 0 Å². The van der Waals surface area contributed by atoms with Crippen LogP contribution < -0.4 is 5.43 Å². The average Bonchev–Trinajstić information content (AvgIpc) is 2.58. The lowest BCUT2D eigenvalue weighted by Crippen LogP contribution is -2.47. The van der Waals surface area contributed by atoms with Crippen molar-refractivity contribution in [3.63, 3.8) is 0 Å². The van der Waals surface area contributed by atoms with E-state index in [9.17, 15) is 9.59 Å². The number of hydrazine groups is 1. The zero-order valence-electron chi connectivity index (χ0n) is 10.3. The number of nitrogens with one attached hydrogen (secondary N) is 1. The van der Waals surface area contributed by atoms with Crippen LogP contribution in [-0.4, -0.2) is 36.5 Å². The van der Waals surface area contributed by atoms with Crippen molar-refractivity contribution in [1.29, 1.82) is 0 Å². The van der Waals surface area contributed by atoms with Gasteiger partial charge in [-0.05, 0) is 12.8 Å². The normalized spacial score (nSPS) is 19.9. The fourth-order valence-electron chi connectivity index (χ4n) is 1.32. The third kappa shape index (κ3) is 3.97. The molecule has 0 aromatic rings. The summed E-state index contributed by atoms with van der Waals surface area (Å²) in [5.41, 5.74) is 2.35. The molecular formula is C11H18N2O4. The van der Waals surface area contributed by atoms with Crippen molar-refractivity contribution in [3.05, 3.63) is 12.2 Å². The summed E-state index contributed by atoms with van der Waals surface area (Å²) in [5.74, 6) is 0.371. The van der Waals surface area contributed by atoms with Gasteiger partial charge in [0, 0.05) is 0 Å². The Morgan fingerprint density at radius 2 is 2.41 bits per heavy atom. The summed E-state index contributed by atoms with van der Waals surface area (Å²) < 4.78 is 9.56. The number of hydrogen-bond acceptors (Lipinski definition) is 4. The van der Waals surface area contributed by atoms with E-state index < -0.39 is 12.2 Å². The minimum atomic E-state index is -0.658. The molecule has 6 nitrogen and oxygen atoms in total. The molecule has 1 fully saturated rings. The average molecular weight is 242 g/mol. The third-order valence-corrected chi connectivity index (χ3v) is 2.11. The van der Waals surface area contributed by atoms with Crippen LogP contribution in [0.1, 0.15) is 20.8 Å². The zero-order chi connectivity index (χ0) is 12.8. The molecule has 0 bridgehead atoms.